The van der Waals surface area contributed by atoms with Gasteiger partial charge in [-0.25, -0.2) is 0 Å². The monoisotopic (exact) mass is 239 g/mol. The van der Waals surface area contributed by atoms with Crippen LogP contribution < -0.4 is 10.6 Å². The zero-order valence-electron chi connectivity index (χ0n) is 10.6. The molecule has 3 nitrogen and oxygen atoms in total. The normalized spacial score (nSPS) is 16.5. The molecule has 0 amide bonds. The third kappa shape index (κ3) is 1.90. The van der Waals surface area contributed by atoms with Gasteiger partial charge in [-0.05, 0) is 50.6 Å². The summed E-state index contributed by atoms with van der Waals surface area (Å²) in [6, 6.07) is 0. The van der Waals surface area contributed by atoms with Crippen molar-refractivity contribution in [3.8, 4) is 0 Å². The predicted octanol–water partition coefficient (Wildman–Crippen LogP) is 3.23. The van der Waals surface area contributed by atoms with Crippen LogP contribution >= 0.6 is 11.5 Å². The van der Waals surface area contributed by atoms with Crippen LogP contribution in [0.3, 0.4) is 0 Å². The second-order valence-corrected chi connectivity index (χ2v) is 6.04. The van der Waals surface area contributed by atoms with Gasteiger partial charge in [0.15, 0.2) is 0 Å². The van der Waals surface area contributed by atoms with E-state index < -0.39 is 0 Å². The molecule has 0 unspecified atom stereocenters. The summed E-state index contributed by atoms with van der Waals surface area (Å²) in [7, 11) is 2.16. The fourth-order valence-electron chi connectivity index (χ4n) is 1.81. The van der Waals surface area contributed by atoms with Gasteiger partial charge in [-0.1, -0.05) is 6.92 Å². The molecule has 2 rings (SSSR count). The fraction of sp³-hybridized carbons (Fsp3) is 0.750. The van der Waals surface area contributed by atoms with E-state index in [1.807, 2.05) is 0 Å². The molecule has 1 aromatic heterocycles. The second kappa shape index (κ2) is 3.91. The summed E-state index contributed by atoms with van der Waals surface area (Å²) in [6.45, 7) is 6.75. The SMILES string of the molecule is CCC(C)(C)N(C)c1snc(N)c1C1CC1. The molecule has 1 heterocycles. The van der Waals surface area contributed by atoms with Crippen LogP contribution in [0.5, 0.6) is 0 Å². The minimum atomic E-state index is 0.169. The molecule has 1 aromatic rings. The van der Waals surface area contributed by atoms with Gasteiger partial charge in [-0.2, -0.15) is 4.37 Å². The van der Waals surface area contributed by atoms with Crippen molar-refractivity contribution < 1.29 is 0 Å². The van der Waals surface area contributed by atoms with E-state index >= 15 is 0 Å². The van der Waals surface area contributed by atoms with E-state index in [0.717, 1.165) is 12.2 Å². The van der Waals surface area contributed by atoms with Crippen molar-refractivity contribution >= 4 is 22.4 Å². The molecule has 2 N–H and O–H groups in total. The van der Waals surface area contributed by atoms with Crippen LogP contribution in [0.15, 0.2) is 0 Å². The lowest BCUT2D eigenvalue weighted by molar-refractivity contribution is 0.472. The summed E-state index contributed by atoms with van der Waals surface area (Å²) in [4.78, 5) is 2.34. The number of aromatic nitrogens is 1. The lowest BCUT2D eigenvalue weighted by atomic mass is 9.99. The minimum absolute atomic E-state index is 0.169. The topological polar surface area (TPSA) is 42.2 Å². The fourth-order valence-corrected chi connectivity index (χ4v) is 2.83. The van der Waals surface area contributed by atoms with Gasteiger partial charge in [0.25, 0.3) is 0 Å². The maximum absolute atomic E-state index is 5.98. The average Bonchev–Trinajstić information content (AvgIpc) is 3.01. The largest absolute Gasteiger partial charge is 0.383 e. The quantitative estimate of drug-likeness (QED) is 0.877. The van der Waals surface area contributed by atoms with E-state index in [1.54, 1.807) is 11.5 Å². The molecule has 0 bridgehead atoms. The maximum Gasteiger partial charge on any atom is 0.142 e. The van der Waals surface area contributed by atoms with Gasteiger partial charge in [0.2, 0.25) is 0 Å². The Morgan fingerprint density at radius 3 is 2.62 bits per heavy atom. The molecule has 1 saturated carbocycles. The number of nitrogen functional groups attached to an aromatic ring is 1. The lowest BCUT2D eigenvalue weighted by Gasteiger charge is -2.36. The molecule has 0 saturated heterocycles. The molecule has 90 valence electrons. The predicted molar refractivity (Wildman–Crippen MR) is 71.3 cm³/mol. The van der Waals surface area contributed by atoms with Gasteiger partial charge in [0.05, 0.1) is 0 Å². The third-order valence-electron chi connectivity index (χ3n) is 3.80. The summed E-state index contributed by atoms with van der Waals surface area (Å²) in [5.74, 6) is 1.42. The molecule has 4 heteroatoms. The highest BCUT2D eigenvalue weighted by Gasteiger charge is 2.34. The van der Waals surface area contributed by atoms with Crippen LogP contribution in [0.2, 0.25) is 0 Å². The first-order chi connectivity index (χ1) is 7.47. The van der Waals surface area contributed by atoms with Crippen LogP contribution in [0.4, 0.5) is 10.8 Å². The Hall–Kier alpha value is -0.770. The lowest BCUT2D eigenvalue weighted by Crippen LogP contribution is -2.40. The van der Waals surface area contributed by atoms with Crippen LogP contribution in [-0.2, 0) is 0 Å². The van der Waals surface area contributed by atoms with E-state index in [1.165, 1.54) is 23.4 Å². The molecule has 16 heavy (non-hydrogen) atoms. The van der Waals surface area contributed by atoms with Crippen molar-refractivity contribution in [3.63, 3.8) is 0 Å². The smallest absolute Gasteiger partial charge is 0.142 e. The van der Waals surface area contributed by atoms with Crippen LogP contribution in [0, 0.1) is 0 Å². The Labute approximate surface area is 102 Å². The zero-order chi connectivity index (χ0) is 11.9. The summed E-state index contributed by atoms with van der Waals surface area (Å²) in [5.41, 5.74) is 7.45. The molecule has 1 aliphatic rings. The highest BCUT2D eigenvalue weighted by Crippen LogP contribution is 2.49. The van der Waals surface area contributed by atoms with Gasteiger partial charge in [-0.15, -0.1) is 0 Å². The van der Waals surface area contributed by atoms with Gasteiger partial charge in [0.1, 0.15) is 10.8 Å². The van der Waals surface area contributed by atoms with Crippen LogP contribution in [0.1, 0.15) is 51.5 Å². The standard InChI is InChI=1S/C12H21N3S/c1-5-12(2,3)15(4)11-9(8-6-7-8)10(13)14-16-11/h8H,5-7H2,1-4H3,(H2,13,14). The molecule has 0 radical (unpaired) electrons. The highest BCUT2D eigenvalue weighted by atomic mass is 32.1. The van der Waals surface area contributed by atoms with Crippen molar-refractivity contribution in [1.82, 2.24) is 4.37 Å². The van der Waals surface area contributed by atoms with E-state index in [9.17, 15) is 0 Å². The number of rotatable bonds is 4. The minimum Gasteiger partial charge on any atom is -0.383 e. The van der Waals surface area contributed by atoms with Gasteiger partial charge in [-0.3, -0.25) is 0 Å². The molecule has 0 aliphatic heterocycles. The van der Waals surface area contributed by atoms with Crippen molar-refractivity contribution in [1.29, 1.82) is 0 Å². The molecule has 0 atom stereocenters. The molecular weight excluding hydrogens is 218 g/mol. The summed E-state index contributed by atoms with van der Waals surface area (Å²) in [6.07, 6.45) is 3.66. The number of anilines is 2. The third-order valence-corrected chi connectivity index (χ3v) is 4.75. The molecular formula is C12H21N3S. The Morgan fingerprint density at radius 1 is 1.50 bits per heavy atom. The first-order valence-electron chi connectivity index (χ1n) is 5.96. The number of nitrogens with two attached hydrogens (primary N) is 1. The highest BCUT2D eigenvalue weighted by molar-refractivity contribution is 7.10. The number of hydrogen-bond donors (Lipinski definition) is 1. The second-order valence-electron chi connectivity index (χ2n) is 5.29. The van der Waals surface area contributed by atoms with Crippen molar-refractivity contribution in [3.05, 3.63) is 5.56 Å². The van der Waals surface area contributed by atoms with Crippen molar-refractivity contribution in [2.75, 3.05) is 17.7 Å². The maximum atomic E-state index is 5.98. The Morgan fingerprint density at radius 2 is 2.12 bits per heavy atom. The summed E-state index contributed by atoms with van der Waals surface area (Å²) in [5, 5.41) is 1.27. The zero-order valence-corrected chi connectivity index (χ0v) is 11.4. The number of nitrogens with zero attached hydrogens (tertiary/aromatic N) is 2. The molecule has 0 spiro atoms. The molecule has 1 fully saturated rings. The van der Waals surface area contributed by atoms with E-state index in [0.29, 0.717) is 5.92 Å². The van der Waals surface area contributed by atoms with E-state index in [4.69, 9.17) is 5.73 Å². The first-order valence-corrected chi connectivity index (χ1v) is 6.73. The van der Waals surface area contributed by atoms with Gasteiger partial charge in [0, 0.05) is 18.2 Å². The number of hydrogen-bond acceptors (Lipinski definition) is 4. The Bertz CT molecular complexity index is 380. The Balaban J connectivity index is 2.33. The van der Waals surface area contributed by atoms with Gasteiger partial charge < -0.3 is 10.6 Å². The average molecular weight is 239 g/mol. The van der Waals surface area contributed by atoms with E-state index in [2.05, 4.69) is 37.1 Å². The van der Waals surface area contributed by atoms with Crippen molar-refractivity contribution in [2.45, 2.75) is 51.5 Å². The van der Waals surface area contributed by atoms with Crippen LogP contribution in [0.25, 0.3) is 0 Å². The van der Waals surface area contributed by atoms with Crippen molar-refractivity contribution in [2.24, 2.45) is 0 Å². The summed E-state index contributed by atoms with van der Waals surface area (Å²) < 4.78 is 4.32. The van der Waals surface area contributed by atoms with Gasteiger partial charge >= 0.3 is 0 Å². The Kier molecular flexibility index (Phi) is 2.86. The first kappa shape index (κ1) is 11.7. The van der Waals surface area contributed by atoms with E-state index in [-0.39, 0.29) is 5.54 Å². The molecule has 0 aromatic carbocycles. The van der Waals surface area contributed by atoms with Crippen LogP contribution in [-0.4, -0.2) is 17.0 Å². The summed E-state index contributed by atoms with van der Waals surface area (Å²) >= 11 is 1.55. The molecule has 1 aliphatic carbocycles.